The molecule has 8 heteroatoms. The maximum Gasteiger partial charge on any atom is 0.323 e. The first-order chi connectivity index (χ1) is 8.90. The number of methoxy groups -OCH3 is 1. The third-order valence-electron chi connectivity index (χ3n) is 2.32. The molecular weight excluding hydrogens is 294 g/mol. The molecule has 106 valence electrons. The van der Waals surface area contributed by atoms with Gasteiger partial charge in [0.1, 0.15) is 6.04 Å². The summed E-state index contributed by atoms with van der Waals surface area (Å²) in [5.41, 5.74) is 0. The van der Waals surface area contributed by atoms with E-state index in [0.29, 0.717) is 5.02 Å². The van der Waals surface area contributed by atoms with Crippen LogP contribution in [0.2, 0.25) is 5.02 Å². The zero-order chi connectivity index (χ0) is 14.5. The molecule has 0 heterocycles. The summed E-state index contributed by atoms with van der Waals surface area (Å²) in [4.78, 5) is 11.4. The van der Waals surface area contributed by atoms with E-state index < -0.39 is 22.0 Å². The maximum atomic E-state index is 12.0. The summed E-state index contributed by atoms with van der Waals surface area (Å²) < 4.78 is 30.7. The number of carbonyl (C=O) groups is 1. The van der Waals surface area contributed by atoms with Gasteiger partial charge < -0.3 is 9.84 Å². The number of hydrogen-bond acceptors (Lipinski definition) is 5. The van der Waals surface area contributed by atoms with E-state index in [1.54, 1.807) is 0 Å². The zero-order valence-electron chi connectivity index (χ0n) is 10.2. The fourth-order valence-corrected chi connectivity index (χ4v) is 2.71. The Kier molecular flexibility index (Phi) is 5.74. The first kappa shape index (κ1) is 15.9. The molecule has 0 saturated carbocycles. The highest BCUT2D eigenvalue weighted by atomic mass is 35.5. The SMILES string of the molecule is COC(=O)C(CCO)NS(=O)(=O)c1ccc(Cl)cc1. The summed E-state index contributed by atoms with van der Waals surface area (Å²) in [6.45, 7) is -0.344. The van der Waals surface area contributed by atoms with Crippen molar-refractivity contribution in [2.24, 2.45) is 0 Å². The smallest absolute Gasteiger partial charge is 0.323 e. The van der Waals surface area contributed by atoms with Crippen LogP contribution in [0.25, 0.3) is 0 Å². The van der Waals surface area contributed by atoms with Gasteiger partial charge in [-0.15, -0.1) is 0 Å². The Labute approximate surface area is 116 Å². The van der Waals surface area contributed by atoms with Gasteiger partial charge in [-0.25, -0.2) is 8.42 Å². The maximum absolute atomic E-state index is 12.0. The van der Waals surface area contributed by atoms with Crippen molar-refractivity contribution in [3.63, 3.8) is 0 Å². The summed E-state index contributed by atoms with van der Waals surface area (Å²) in [5, 5.41) is 9.23. The Morgan fingerprint density at radius 3 is 2.47 bits per heavy atom. The first-order valence-corrected chi connectivity index (χ1v) is 7.23. The summed E-state index contributed by atoms with van der Waals surface area (Å²) in [7, 11) is -2.73. The average molecular weight is 308 g/mol. The lowest BCUT2D eigenvalue weighted by Gasteiger charge is -2.15. The summed E-state index contributed by atoms with van der Waals surface area (Å²) >= 11 is 5.67. The van der Waals surface area contributed by atoms with Crippen molar-refractivity contribution in [1.29, 1.82) is 0 Å². The highest BCUT2D eigenvalue weighted by Crippen LogP contribution is 2.14. The highest BCUT2D eigenvalue weighted by molar-refractivity contribution is 7.89. The number of halogens is 1. The Hall–Kier alpha value is -1.15. The number of nitrogens with one attached hydrogen (secondary N) is 1. The van der Waals surface area contributed by atoms with Gasteiger partial charge >= 0.3 is 5.97 Å². The van der Waals surface area contributed by atoms with Crippen LogP contribution in [-0.2, 0) is 19.6 Å². The van der Waals surface area contributed by atoms with E-state index >= 15 is 0 Å². The van der Waals surface area contributed by atoms with Gasteiger partial charge in [0, 0.05) is 11.6 Å². The van der Waals surface area contributed by atoms with Crippen LogP contribution in [0.3, 0.4) is 0 Å². The van der Waals surface area contributed by atoms with E-state index in [0.717, 1.165) is 7.11 Å². The van der Waals surface area contributed by atoms with E-state index in [1.807, 2.05) is 0 Å². The second-order valence-corrected chi connectivity index (χ2v) is 5.81. The Morgan fingerprint density at radius 2 is 2.00 bits per heavy atom. The molecule has 0 spiro atoms. The minimum atomic E-state index is -3.87. The average Bonchev–Trinajstić information content (AvgIpc) is 2.37. The van der Waals surface area contributed by atoms with Gasteiger partial charge in [-0.1, -0.05) is 11.6 Å². The molecule has 0 amide bonds. The molecule has 1 atom stereocenters. The van der Waals surface area contributed by atoms with Crippen LogP contribution in [0, 0.1) is 0 Å². The van der Waals surface area contributed by atoms with Gasteiger partial charge in [0.25, 0.3) is 0 Å². The largest absolute Gasteiger partial charge is 0.468 e. The Morgan fingerprint density at radius 1 is 1.42 bits per heavy atom. The molecule has 6 nitrogen and oxygen atoms in total. The van der Waals surface area contributed by atoms with E-state index in [1.165, 1.54) is 24.3 Å². The van der Waals surface area contributed by atoms with Crippen molar-refractivity contribution in [3.05, 3.63) is 29.3 Å². The van der Waals surface area contributed by atoms with Crippen LogP contribution in [-0.4, -0.2) is 39.3 Å². The van der Waals surface area contributed by atoms with E-state index in [-0.39, 0.29) is 17.9 Å². The zero-order valence-corrected chi connectivity index (χ0v) is 11.7. The van der Waals surface area contributed by atoms with Gasteiger partial charge in [0.05, 0.1) is 12.0 Å². The monoisotopic (exact) mass is 307 g/mol. The standard InChI is InChI=1S/C11H14ClNO5S/c1-18-11(15)10(6-7-14)13-19(16,17)9-4-2-8(12)3-5-9/h2-5,10,13-14H,6-7H2,1H3. The van der Waals surface area contributed by atoms with Crippen LogP contribution < -0.4 is 4.72 Å². The number of benzene rings is 1. The molecule has 0 bridgehead atoms. The molecule has 0 saturated heterocycles. The van der Waals surface area contributed by atoms with E-state index in [9.17, 15) is 13.2 Å². The predicted molar refractivity (Wildman–Crippen MR) is 69.3 cm³/mol. The van der Waals surface area contributed by atoms with Gasteiger partial charge in [-0.3, -0.25) is 4.79 Å². The fraction of sp³-hybridized carbons (Fsp3) is 0.364. The third kappa shape index (κ3) is 4.46. The molecule has 2 N–H and O–H groups in total. The molecular formula is C11H14ClNO5S. The molecule has 0 aliphatic heterocycles. The number of sulfonamides is 1. The van der Waals surface area contributed by atoms with Crippen LogP contribution in [0.5, 0.6) is 0 Å². The van der Waals surface area contributed by atoms with Crippen LogP contribution in [0.1, 0.15) is 6.42 Å². The molecule has 0 radical (unpaired) electrons. The number of aliphatic hydroxyl groups is 1. The topological polar surface area (TPSA) is 92.7 Å². The lowest BCUT2D eigenvalue weighted by Crippen LogP contribution is -2.42. The van der Waals surface area contributed by atoms with Crippen molar-refractivity contribution in [3.8, 4) is 0 Å². The van der Waals surface area contributed by atoms with Crippen molar-refractivity contribution in [2.45, 2.75) is 17.4 Å². The van der Waals surface area contributed by atoms with Crippen molar-refractivity contribution < 1.29 is 23.1 Å². The van der Waals surface area contributed by atoms with Crippen LogP contribution in [0.15, 0.2) is 29.2 Å². The van der Waals surface area contributed by atoms with Gasteiger partial charge in [-0.05, 0) is 30.7 Å². The summed E-state index contributed by atoms with van der Waals surface area (Å²) in [5.74, 6) is -0.758. The first-order valence-electron chi connectivity index (χ1n) is 5.37. The minimum Gasteiger partial charge on any atom is -0.468 e. The fourth-order valence-electron chi connectivity index (χ4n) is 1.37. The van der Waals surface area contributed by atoms with E-state index in [2.05, 4.69) is 9.46 Å². The van der Waals surface area contributed by atoms with Crippen molar-refractivity contribution in [2.75, 3.05) is 13.7 Å². The summed E-state index contributed by atoms with van der Waals surface area (Å²) in [6.07, 6.45) is -0.0699. The number of ether oxygens (including phenoxy) is 1. The predicted octanol–water partition coefficient (Wildman–Crippen LogP) is 0.542. The number of aliphatic hydroxyl groups excluding tert-OH is 1. The molecule has 0 aliphatic rings. The molecule has 0 aliphatic carbocycles. The molecule has 0 fully saturated rings. The van der Waals surface area contributed by atoms with Gasteiger partial charge in [0.15, 0.2) is 0 Å². The van der Waals surface area contributed by atoms with Crippen molar-refractivity contribution >= 4 is 27.6 Å². The van der Waals surface area contributed by atoms with Gasteiger partial charge in [0.2, 0.25) is 10.0 Å². The molecule has 0 aromatic heterocycles. The third-order valence-corrected chi connectivity index (χ3v) is 4.06. The number of esters is 1. The normalized spacial score (nSPS) is 13.0. The van der Waals surface area contributed by atoms with E-state index in [4.69, 9.17) is 16.7 Å². The summed E-state index contributed by atoms with van der Waals surface area (Å²) in [6, 6.07) is 4.36. The number of rotatable bonds is 6. The van der Waals surface area contributed by atoms with Crippen LogP contribution >= 0.6 is 11.6 Å². The minimum absolute atomic E-state index is 0.0243. The number of carbonyl (C=O) groups excluding carboxylic acids is 1. The van der Waals surface area contributed by atoms with Crippen molar-refractivity contribution in [1.82, 2.24) is 4.72 Å². The second-order valence-electron chi connectivity index (χ2n) is 3.66. The molecule has 1 aromatic carbocycles. The van der Waals surface area contributed by atoms with Crippen LogP contribution in [0.4, 0.5) is 0 Å². The lowest BCUT2D eigenvalue weighted by molar-refractivity contribution is -0.143. The quantitative estimate of drug-likeness (QED) is 0.748. The molecule has 1 unspecified atom stereocenters. The molecule has 1 rings (SSSR count). The van der Waals surface area contributed by atoms with Gasteiger partial charge in [-0.2, -0.15) is 4.72 Å². The second kappa shape index (κ2) is 6.85. The molecule has 19 heavy (non-hydrogen) atoms. The Balaban J connectivity index is 2.93. The highest BCUT2D eigenvalue weighted by Gasteiger charge is 2.25. The lowest BCUT2D eigenvalue weighted by atomic mass is 10.2. The Bertz CT molecular complexity index is 529. The molecule has 1 aromatic rings. The number of hydrogen-bond donors (Lipinski definition) is 2.